The first-order valence-corrected chi connectivity index (χ1v) is 9.65. The summed E-state index contributed by atoms with van der Waals surface area (Å²) in [5, 5.41) is 6.80. The Bertz CT molecular complexity index is 745. The van der Waals surface area contributed by atoms with Crippen LogP contribution in [0.25, 0.3) is 0 Å². The van der Waals surface area contributed by atoms with E-state index in [9.17, 15) is 4.79 Å². The molecule has 2 N–H and O–H groups in total. The quantitative estimate of drug-likeness (QED) is 0.753. The SMILES string of the molecule is CN(C)CCN(Cc1ccccc1)C(=O)CNc1cccc2c1CNCC2. The molecule has 27 heavy (non-hydrogen) atoms. The fourth-order valence-corrected chi connectivity index (χ4v) is 3.38. The van der Waals surface area contributed by atoms with Gasteiger partial charge < -0.3 is 20.4 Å². The highest BCUT2D eigenvalue weighted by Gasteiger charge is 2.16. The maximum atomic E-state index is 12.9. The number of amides is 1. The molecule has 1 heterocycles. The zero-order valence-corrected chi connectivity index (χ0v) is 16.4. The van der Waals surface area contributed by atoms with E-state index in [0.717, 1.165) is 43.9 Å². The van der Waals surface area contributed by atoms with Crippen LogP contribution in [0.15, 0.2) is 48.5 Å². The summed E-state index contributed by atoms with van der Waals surface area (Å²) >= 11 is 0. The minimum Gasteiger partial charge on any atom is -0.376 e. The lowest BCUT2D eigenvalue weighted by Crippen LogP contribution is -2.39. The lowest BCUT2D eigenvalue weighted by molar-refractivity contribution is -0.130. The van der Waals surface area contributed by atoms with Crippen molar-refractivity contribution in [2.45, 2.75) is 19.5 Å². The summed E-state index contributed by atoms with van der Waals surface area (Å²) in [5.41, 5.74) is 4.89. The Hall–Kier alpha value is -2.37. The van der Waals surface area contributed by atoms with Gasteiger partial charge in [0.05, 0.1) is 6.54 Å². The molecule has 0 saturated heterocycles. The summed E-state index contributed by atoms with van der Waals surface area (Å²) in [5.74, 6) is 0.127. The number of benzene rings is 2. The lowest BCUT2D eigenvalue weighted by atomic mass is 9.99. The number of rotatable bonds is 8. The summed E-state index contributed by atoms with van der Waals surface area (Å²) in [7, 11) is 4.07. The molecule has 1 aliphatic rings. The molecule has 2 aromatic rings. The third-order valence-corrected chi connectivity index (χ3v) is 4.96. The van der Waals surface area contributed by atoms with Crippen LogP contribution in [0, 0.1) is 0 Å². The van der Waals surface area contributed by atoms with Crippen LogP contribution < -0.4 is 10.6 Å². The first-order chi connectivity index (χ1) is 13.1. The fraction of sp³-hybridized carbons (Fsp3) is 0.409. The molecule has 0 bridgehead atoms. The summed E-state index contributed by atoms with van der Waals surface area (Å²) in [4.78, 5) is 17.0. The van der Waals surface area contributed by atoms with Crippen molar-refractivity contribution in [3.63, 3.8) is 0 Å². The fourth-order valence-electron chi connectivity index (χ4n) is 3.38. The first-order valence-electron chi connectivity index (χ1n) is 9.65. The highest BCUT2D eigenvalue weighted by Crippen LogP contribution is 2.22. The summed E-state index contributed by atoms with van der Waals surface area (Å²) < 4.78 is 0. The van der Waals surface area contributed by atoms with Crippen molar-refractivity contribution >= 4 is 11.6 Å². The molecule has 0 radical (unpaired) electrons. The number of carbonyl (C=O) groups excluding carboxylic acids is 1. The van der Waals surface area contributed by atoms with E-state index in [-0.39, 0.29) is 5.91 Å². The van der Waals surface area contributed by atoms with Gasteiger partial charge in [0, 0.05) is 31.9 Å². The van der Waals surface area contributed by atoms with Gasteiger partial charge in [0.25, 0.3) is 0 Å². The lowest BCUT2D eigenvalue weighted by Gasteiger charge is -2.26. The van der Waals surface area contributed by atoms with Gasteiger partial charge in [-0.15, -0.1) is 0 Å². The summed E-state index contributed by atoms with van der Waals surface area (Å²) in [6.07, 6.45) is 1.04. The van der Waals surface area contributed by atoms with Crippen LogP contribution in [0.5, 0.6) is 0 Å². The van der Waals surface area contributed by atoms with Gasteiger partial charge in [-0.25, -0.2) is 0 Å². The van der Waals surface area contributed by atoms with Gasteiger partial charge in [0.1, 0.15) is 0 Å². The third kappa shape index (κ3) is 5.55. The molecule has 0 spiro atoms. The second-order valence-corrected chi connectivity index (χ2v) is 7.33. The summed E-state index contributed by atoms with van der Waals surface area (Å²) in [6, 6.07) is 16.5. The van der Waals surface area contributed by atoms with E-state index >= 15 is 0 Å². The van der Waals surface area contributed by atoms with Gasteiger partial charge in [-0.1, -0.05) is 42.5 Å². The molecule has 5 nitrogen and oxygen atoms in total. The van der Waals surface area contributed by atoms with Crippen molar-refractivity contribution in [2.24, 2.45) is 0 Å². The second-order valence-electron chi connectivity index (χ2n) is 7.33. The Morgan fingerprint density at radius 2 is 1.89 bits per heavy atom. The van der Waals surface area contributed by atoms with E-state index in [0.29, 0.717) is 13.1 Å². The molecule has 0 saturated carbocycles. The Balaban J connectivity index is 1.65. The average molecular weight is 367 g/mol. The van der Waals surface area contributed by atoms with Crippen molar-refractivity contribution in [1.82, 2.24) is 15.1 Å². The van der Waals surface area contributed by atoms with Crippen molar-refractivity contribution < 1.29 is 4.79 Å². The van der Waals surface area contributed by atoms with Gasteiger partial charge in [0.15, 0.2) is 0 Å². The van der Waals surface area contributed by atoms with Crippen molar-refractivity contribution in [2.75, 3.05) is 45.6 Å². The highest BCUT2D eigenvalue weighted by molar-refractivity contribution is 5.81. The number of nitrogens with zero attached hydrogens (tertiary/aromatic N) is 2. The molecule has 0 aromatic heterocycles. The monoisotopic (exact) mass is 366 g/mol. The number of nitrogens with one attached hydrogen (secondary N) is 2. The normalized spacial score (nSPS) is 13.3. The van der Waals surface area contributed by atoms with E-state index < -0.39 is 0 Å². The minimum atomic E-state index is 0.127. The maximum Gasteiger partial charge on any atom is 0.242 e. The summed E-state index contributed by atoms with van der Waals surface area (Å²) in [6.45, 7) is 4.41. The molecule has 2 aromatic carbocycles. The molecular weight excluding hydrogens is 336 g/mol. The zero-order chi connectivity index (χ0) is 19.1. The standard InChI is InChI=1S/C22H30N4O/c1-25(2)13-14-26(17-18-7-4-3-5-8-18)22(27)16-24-21-10-6-9-19-11-12-23-15-20(19)21/h3-10,23-24H,11-17H2,1-2H3. The Kier molecular flexibility index (Phi) is 6.85. The number of hydrogen-bond donors (Lipinski definition) is 2. The van der Waals surface area contributed by atoms with Crippen molar-refractivity contribution in [3.05, 3.63) is 65.2 Å². The van der Waals surface area contributed by atoms with Gasteiger partial charge in [-0.3, -0.25) is 4.79 Å². The minimum absolute atomic E-state index is 0.127. The van der Waals surface area contributed by atoms with Crippen LogP contribution in [0.2, 0.25) is 0 Å². The zero-order valence-electron chi connectivity index (χ0n) is 16.4. The Morgan fingerprint density at radius 1 is 1.07 bits per heavy atom. The molecule has 0 unspecified atom stereocenters. The van der Waals surface area contributed by atoms with Crippen LogP contribution in [0.1, 0.15) is 16.7 Å². The van der Waals surface area contributed by atoms with Crippen LogP contribution in [-0.4, -0.2) is 56.0 Å². The highest BCUT2D eigenvalue weighted by atomic mass is 16.2. The van der Waals surface area contributed by atoms with Crippen molar-refractivity contribution in [1.29, 1.82) is 0 Å². The van der Waals surface area contributed by atoms with Gasteiger partial charge in [0.2, 0.25) is 5.91 Å². The molecule has 0 atom stereocenters. The molecule has 0 aliphatic carbocycles. The van der Waals surface area contributed by atoms with E-state index in [1.54, 1.807) is 0 Å². The average Bonchev–Trinajstić information content (AvgIpc) is 2.70. The Labute approximate surface area is 162 Å². The smallest absolute Gasteiger partial charge is 0.242 e. The molecule has 144 valence electrons. The van der Waals surface area contributed by atoms with E-state index in [2.05, 4.69) is 45.9 Å². The van der Waals surface area contributed by atoms with E-state index in [1.165, 1.54) is 11.1 Å². The Morgan fingerprint density at radius 3 is 2.67 bits per heavy atom. The number of carbonyl (C=O) groups is 1. The number of anilines is 1. The predicted octanol–water partition coefficient (Wildman–Crippen LogP) is 2.33. The van der Waals surface area contributed by atoms with Crippen LogP contribution in [0.3, 0.4) is 0 Å². The molecule has 3 rings (SSSR count). The molecule has 0 fully saturated rings. The topological polar surface area (TPSA) is 47.6 Å². The second kappa shape index (κ2) is 9.53. The maximum absolute atomic E-state index is 12.9. The van der Waals surface area contributed by atoms with Crippen LogP contribution in [-0.2, 0) is 24.3 Å². The predicted molar refractivity (Wildman–Crippen MR) is 111 cm³/mol. The van der Waals surface area contributed by atoms with Crippen LogP contribution in [0.4, 0.5) is 5.69 Å². The first kappa shape index (κ1) is 19.4. The van der Waals surface area contributed by atoms with Gasteiger partial charge >= 0.3 is 0 Å². The largest absolute Gasteiger partial charge is 0.376 e. The van der Waals surface area contributed by atoms with Crippen LogP contribution >= 0.6 is 0 Å². The number of likely N-dealkylation sites (N-methyl/N-ethyl adjacent to an activating group) is 1. The van der Waals surface area contributed by atoms with Gasteiger partial charge in [-0.05, 0) is 49.8 Å². The number of hydrogen-bond acceptors (Lipinski definition) is 4. The molecule has 1 amide bonds. The molecular formula is C22H30N4O. The van der Waals surface area contributed by atoms with E-state index in [4.69, 9.17) is 0 Å². The molecule has 1 aliphatic heterocycles. The number of fused-ring (bicyclic) bond motifs is 1. The molecule has 5 heteroatoms. The third-order valence-electron chi connectivity index (χ3n) is 4.96. The van der Waals surface area contributed by atoms with Gasteiger partial charge in [-0.2, -0.15) is 0 Å². The van der Waals surface area contributed by atoms with Crippen molar-refractivity contribution in [3.8, 4) is 0 Å². The van der Waals surface area contributed by atoms with E-state index in [1.807, 2.05) is 37.2 Å².